The molecule has 1 N–H and O–H groups in total. The molecule has 4 atom stereocenters. The van der Waals surface area contributed by atoms with Crippen molar-refractivity contribution in [1.29, 1.82) is 0 Å². The molecule has 0 saturated carbocycles. The van der Waals surface area contributed by atoms with Crippen molar-refractivity contribution in [3.05, 3.63) is 0 Å². The first-order valence-corrected chi connectivity index (χ1v) is 27.3. The van der Waals surface area contributed by atoms with Gasteiger partial charge in [-0.3, -0.25) is 24.0 Å². The minimum atomic E-state index is -1.57. The molecule has 0 spiro atoms. The summed E-state index contributed by atoms with van der Waals surface area (Å²) in [7, 11) is 3.69. The van der Waals surface area contributed by atoms with Gasteiger partial charge in [0.1, 0.15) is 12.7 Å². The summed E-state index contributed by atoms with van der Waals surface area (Å²) in [5.74, 6) is -0.586. The van der Waals surface area contributed by atoms with E-state index < -0.39 is 42.5 Å². The third-order valence-electron chi connectivity index (χ3n) is 13.0. The van der Waals surface area contributed by atoms with E-state index in [1.165, 1.54) is 103 Å². The lowest BCUT2D eigenvalue weighted by atomic mass is 9.92. The normalized spacial score (nSPS) is 17.0. The van der Waals surface area contributed by atoms with Crippen LogP contribution >= 0.6 is 0 Å². The highest BCUT2D eigenvalue weighted by Gasteiger charge is 2.49. The van der Waals surface area contributed by atoms with E-state index in [0.717, 1.165) is 64.2 Å². The van der Waals surface area contributed by atoms with Gasteiger partial charge in [0, 0.05) is 32.2 Å². The molecule has 67 heavy (non-hydrogen) atoms. The Kier molecular flexibility index (Phi) is 39.1. The largest absolute Gasteiger partial charge is 0.466 e. The molecule has 0 radical (unpaired) electrons. The Balaban J connectivity index is 2.48. The fraction of sp³-hybridized carbons (Fsp3) is 0.907. The summed E-state index contributed by atoms with van der Waals surface area (Å²) in [6.07, 6.45) is 25.2. The maximum atomic E-state index is 13.1. The molecule has 1 saturated heterocycles. The fourth-order valence-electron chi connectivity index (χ4n) is 8.65. The smallest absolute Gasteiger partial charge is 0.307 e. The van der Waals surface area contributed by atoms with Crippen LogP contribution in [0.15, 0.2) is 0 Å². The van der Waals surface area contributed by atoms with E-state index in [1.54, 1.807) is 0 Å². The number of aliphatic hydroxyl groups excluding tert-OH is 1. The highest BCUT2D eigenvalue weighted by Crippen LogP contribution is 2.28. The molecule has 0 aromatic heterocycles. The number of carbonyl (C=O) groups is 5. The van der Waals surface area contributed by atoms with Gasteiger partial charge in [0.15, 0.2) is 18.5 Å². The van der Waals surface area contributed by atoms with Gasteiger partial charge >= 0.3 is 29.8 Å². The second-order valence-electron chi connectivity index (χ2n) is 19.5. The lowest BCUT2D eigenvalue weighted by Gasteiger charge is -2.23. The summed E-state index contributed by atoms with van der Waals surface area (Å²) < 4.78 is 33.6. The van der Waals surface area contributed by atoms with Gasteiger partial charge in [-0.1, -0.05) is 169 Å². The molecule has 0 amide bonds. The van der Waals surface area contributed by atoms with Crippen LogP contribution in [0.4, 0.5) is 0 Å². The molecule has 1 rings (SSSR count). The van der Waals surface area contributed by atoms with Crippen LogP contribution in [0.2, 0.25) is 0 Å². The van der Waals surface area contributed by atoms with Crippen LogP contribution in [0.3, 0.4) is 0 Å². The van der Waals surface area contributed by atoms with Crippen molar-refractivity contribution in [1.82, 2.24) is 4.90 Å². The SMILES string of the molecule is CCCCCC(CCCCC)CCOC(=O)CCCCCCCC(=O)O[C@@H]1[C@H](OC(=O)CCCCCCCC(=O)OCCC(CCCCC)CCCCC)[C@H](O)O[C@@H]1COC(=O)CCN(C)C. The van der Waals surface area contributed by atoms with Crippen LogP contribution in [0.1, 0.15) is 240 Å². The maximum Gasteiger partial charge on any atom is 0.307 e. The quantitative estimate of drug-likeness (QED) is 0.0349. The Morgan fingerprint density at radius 1 is 0.448 bits per heavy atom. The first kappa shape index (κ1) is 62.2. The van der Waals surface area contributed by atoms with Crippen LogP contribution in [-0.2, 0) is 52.4 Å². The van der Waals surface area contributed by atoms with E-state index in [1.807, 2.05) is 19.0 Å². The molecule has 0 unspecified atom stereocenters. The van der Waals surface area contributed by atoms with E-state index in [2.05, 4.69) is 27.7 Å². The van der Waals surface area contributed by atoms with Crippen molar-refractivity contribution in [2.24, 2.45) is 11.8 Å². The van der Waals surface area contributed by atoms with E-state index in [0.29, 0.717) is 57.3 Å². The van der Waals surface area contributed by atoms with Gasteiger partial charge in [-0.25, -0.2) is 0 Å². The van der Waals surface area contributed by atoms with Gasteiger partial charge in [0.05, 0.1) is 19.6 Å². The summed E-state index contributed by atoms with van der Waals surface area (Å²) in [5.41, 5.74) is 0. The zero-order chi connectivity index (χ0) is 49.3. The highest BCUT2D eigenvalue weighted by molar-refractivity contribution is 5.71. The molecule has 1 aliphatic rings. The van der Waals surface area contributed by atoms with Crippen LogP contribution in [-0.4, -0.2) is 105 Å². The van der Waals surface area contributed by atoms with E-state index >= 15 is 0 Å². The topological polar surface area (TPSA) is 164 Å². The van der Waals surface area contributed by atoms with Crippen molar-refractivity contribution in [3.8, 4) is 0 Å². The molecule has 1 aliphatic heterocycles. The summed E-state index contributed by atoms with van der Waals surface area (Å²) in [6.45, 7) is 10.1. The third-order valence-corrected chi connectivity index (χ3v) is 13.0. The average Bonchev–Trinajstić information content (AvgIpc) is 3.58. The van der Waals surface area contributed by atoms with E-state index in [-0.39, 0.29) is 37.8 Å². The summed E-state index contributed by atoms with van der Waals surface area (Å²) in [4.78, 5) is 65.1. The zero-order valence-corrected chi connectivity index (χ0v) is 43.5. The average molecular weight is 954 g/mol. The number of rotatable bonds is 45. The predicted octanol–water partition coefficient (Wildman–Crippen LogP) is 11.9. The van der Waals surface area contributed by atoms with Crippen molar-refractivity contribution >= 4 is 29.8 Å². The Morgan fingerprint density at radius 2 is 0.806 bits per heavy atom. The van der Waals surface area contributed by atoms with Crippen molar-refractivity contribution in [2.75, 3.05) is 40.5 Å². The second-order valence-corrected chi connectivity index (χ2v) is 19.5. The van der Waals surface area contributed by atoms with E-state index in [4.69, 9.17) is 28.4 Å². The molecular weight excluding hydrogens is 855 g/mol. The maximum absolute atomic E-state index is 13.1. The third kappa shape index (κ3) is 34.2. The fourth-order valence-corrected chi connectivity index (χ4v) is 8.65. The first-order chi connectivity index (χ1) is 32.4. The first-order valence-electron chi connectivity index (χ1n) is 27.3. The van der Waals surface area contributed by atoms with Crippen LogP contribution < -0.4 is 0 Å². The number of hydrogen-bond donors (Lipinski definition) is 1. The number of carbonyl (C=O) groups excluding carboxylic acids is 5. The van der Waals surface area contributed by atoms with Crippen molar-refractivity contribution in [2.45, 2.75) is 264 Å². The highest BCUT2D eigenvalue weighted by atomic mass is 16.7. The Labute approximate surface area is 407 Å². The summed E-state index contributed by atoms with van der Waals surface area (Å²) in [6, 6.07) is 0. The number of nitrogens with zero attached hydrogens (tertiary/aromatic N) is 1. The molecule has 0 aliphatic carbocycles. The lowest BCUT2D eigenvalue weighted by molar-refractivity contribution is -0.177. The number of esters is 5. The summed E-state index contributed by atoms with van der Waals surface area (Å²) >= 11 is 0. The standard InChI is InChI=1S/C54H99NO12/c1-7-11-21-29-44(30-22-12-8-2)38-41-62-47(56)33-25-17-15-19-27-35-50(59)66-52-46(43-64-49(58)37-40-55(5)6)65-54(61)53(52)67-51(60)36-28-20-16-18-26-34-48(57)63-42-39-45(31-23-13-9-3)32-24-14-10-4/h44-46,52-54,61H,7-43H2,1-6H3/t46-,52+,53+,54-/m1/s1. The Morgan fingerprint density at radius 3 is 1.19 bits per heavy atom. The van der Waals surface area contributed by atoms with Gasteiger partial charge in [-0.05, 0) is 64.5 Å². The summed E-state index contributed by atoms with van der Waals surface area (Å²) in [5, 5.41) is 10.8. The monoisotopic (exact) mass is 954 g/mol. The van der Waals surface area contributed by atoms with Gasteiger partial charge in [-0.15, -0.1) is 0 Å². The molecule has 13 nitrogen and oxygen atoms in total. The van der Waals surface area contributed by atoms with Crippen molar-refractivity contribution < 1.29 is 57.5 Å². The Bertz CT molecular complexity index is 1240. The Hall–Kier alpha value is -2.77. The molecular formula is C54H99NO12. The molecule has 0 aromatic rings. The molecule has 0 bridgehead atoms. The van der Waals surface area contributed by atoms with Crippen molar-refractivity contribution in [3.63, 3.8) is 0 Å². The van der Waals surface area contributed by atoms with Gasteiger partial charge < -0.3 is 38.4 Å². The minimum Gasteiger partial charge on any atom is -0.466 e. The van der Waals surface area contributed by atoms with Gasteiger partial charge in [0.2, 0.25) is 0 Å². The van der Waals surface area contributed by atoms with E-state index in [9.17, 15) is 29.1 Å². The number of hydrogen-bond acceptors (Lipinski definition) is 13. The minimum absolute atomic E-state index is 0.101. The molecule has 0 aromatic carbocycles. The number of unbranched alkanes of at least 4 members (excludes halogenated alkanes) is 16. The second kappa shape index (κ2) is 42.1. The predicted molar refractivity (Wildman–Crippen MR) is 264 cm³/mol. The molecule has 1 heterocycles. The van der Waals surface area contributed by atoms with Gasteiger partial charge in [-0.2, -0.15) is 0 Å². The van der Waals surface area contributed by atoms with Gasteiger partial charge in [0.25, 0.3) is 0 Å². The lowest BCUT2D eigenvalue weighted by Crippen LogP contribution is -2.42. The van der Waals surface area contributed by atoms with Crippen LogP contribution in [0, 0.1) is 11.8 Å². The zero-order valence-electron chi connectivity index (χ0n) is 43.5. The molecule has 1 fully saturated rings. The molecule has 13 heteroatoms. The number of aliphatic hydroxyl groups is 1. The van der Waals surface area contributed by atoms with Crippen LogP contribution in [0.25, 0.3) is 0 Å². The molecule has 392 valence electrons. The van der Waals surface area contributed by atoms with Crippen LogP contribution in [0.5, 0.6) is 0 Å². The number of ether oxygens (including phenoxy) is 6.